The maximum absolute atomic E-state index is 12.1. The molecule has 0 aromatic heterocycles. The highest BCUT2D eigenvalue weighted by Crippen LogP contribution is 2.36. The number of amides is 1. The Balaban J connectivity index is 1.50. The first kappa shape index (κ1) is 20.1. The lowest BCUT2D eigenvalue weighted by Crippen LogP contribution is -2.41. The average molecular weight is 380 g/mol. The van der Waals surface area contributed by atoms with Crippen molar-refractivity contribution in [3.05, 3.63) is 41.2 Å². The summed E-state index contributed by atoms with van der Waals surface area (Å²) in [6.45, 7) is 14.4. The van der Waals surface area contributed by atoms with E-state index in [1.807, 2.05) is 45.0 Å². The number of nitrogens with one attached hydrogen (secondary N) is 1. The van der Waals surface area contributed by atoms with E-state index in [0.717, 1.165) is 43.4 Å². The van der Waals surface area contributed by atoms with Gasteiger partial charge in [-0.05, 0) is 64.3 Å². The van der Waals surface area contributed by atoms with E-state index in [1.165, 1.54) is 0 Å². The van der Waals surface area contributed by atoms with Crippen LogP contribution in [0.25, 0.3) is 4.85 Å². The lowest BCUT2D eigenvalue weighted by atomic mass is 9.85. The molecule has 2 fully saturated rings. The fourth-order valence-electron chi connectivity index (χ4n) is 3.40. The molecular formula is C23H29N3O2. The Bertz CT molecular complexity index is 793. The zero-order chi connectivity index (χ0) is 20.2. The van der Waals surface area contributed by atoms with Crippen molar-refractivity contribution in [1.29, 1.82) is 0 Å². The Morgan fingerprint density at radius 1 is 1.25 bits per heavy atom. The first-order valence-corrected chi connectivity index (χ1v) is 10.0. The molecule has 1 aliphatic heterocycles. The molecule has 148 valence electrons. The van der Waals surface area contributed by atoms with E-state index in [0.29, 0.717) is 19.0 Å². The predicted molar refractivity (Wildman–Crippen MR) is 111 cm³/mol. The lowest BCUT2D eigenvalue weighted by Gasteiger charge is -2.31. The zero-order valence-corrected chi connectivity index (χ0v) is 17.0. The van der Waals surface area contributed by atoms with Gasteiger partial charge in [-0.2, -0.15) is 0 Å². The summed E-state index contributed by atoms with van der Waals surface area (Å²) in [6.07, 6.45) is 4.47. The molecule has 1 aromatic rings. The summed E-state index contributed by atoms with van der Waals surface area (Å²) in [5.41, 5.74) is 1.11. The van der Waals surface area contributed by atoms with E-state index in [4.69, 9.17) is 11.3 Å². The van der Waals surface area contributed by atoms with Gasteiger partial charge in [-0.3, -0.25) is 4.85 Å². The molecule has 3 rings (SSSR count). The van der Waals surface area contributed by atoms with Crippen LogP contribution in [0, 0.1) is 24.3 Å². The molecule has 28 heavy (non-hydrogen) atoms. The summed E-state index contributed by atoms with van der Waals surface area (Å²) >= 11 is 0. The molecule has 2 aliphatic rings. The minimum Gasteiger partial charge on any atom is -0.444 e. The van der Waals surface area contributed by atoms with Crippen molar-refractivity contribution in [2.45, 2.75) is 64.1 Å². The third kappa shape index (κ3) is 5.20. The molecule has 1 saturated carbocycles. The van der Waals surface area contributed by atoms with Crippen molar-refractivity contribution >= 4 is 11.8 Å². The van der Waals surface area contributed by atoms with Crippen molar-refractivity contribution in [3.8, 4) is 11.8 Å². The molecule has 0 unspecified atom stereocenters. The van der Waals surface area contributed by atoms with Gasteiger partial charge >= 0.3 is 11.8 Å². The summed E-state index contributed by atoms with van der Waals surface area (Å²) in [5, 5.41) is 3.35. The quantitative estimate of drug-likeness (QED) is 0.587. The summed E-state index contributed by atoms with van der Waals surface area (Å²) in [7, 11) is 0. The van der Waals surface area contributed by atoms with Gasteiger partial charge in [0.15, 0.2) is 0 Å². The standard InChI is InChI=1S/C23H29N3O2/c1-22(2,3)28-21(27)26-16-12-19(13-17-26)7-6-18-8-10-20(11-9-18)25-23(24-4)14-5-15-23/h8-11,19,25H,5,12-17H2,1-3H3. The van der Waals surface area contributed by atoms with Crippen LogP contribution in [0.4, 0.5) is 10.5 Å². The van der Waals surface area contributed by atoms with E-state index in [1.54, 1.807) is 4.90 Å². The monoisotopic (exact) mass is 379 g/mol. The van der Waals surface area contributed by atoms with Crippen LogP contribution in [0.2, 0.25) is 0 Å². The number of carbonyl (C=O) groups excluding carboxylic acids is 1. The molecule has 1 aliphatic carbocycles. The van der Waals surface area contributed by atoms with Crippen LogP contribution in [0.15, 0.2) is 24.3 Å². The SMILES string of the molecule is [C-]#[N+]C1(Nc2ccc(C#CC3CCN(C(=O)OC(C)(C)C)CC3)cc2)CCC1. The minimum atomic E-state index is -0.457. The normalized spacial score (nSPS) is 18.9. The third-order valence-electron chi connectivity index (χ3n) is 5.22. The molecule has 0 spiro atoms. The lowest BCUT2D eigenvalue weighted by molar-refractivity contribution is 0.0199. The number of carbonyl (C=O) groups is 1. The number of rotatable bonds is 2. The number of anilines is 1. The van der Waals surface area contributed by atoms with E-state index in [2.05, 4.69) is 22.0 Å². The van der Waals surface area contributed by atoms with Gasteiger partial charge in [0, 0.05) is 43.1 Å². The van der Waals surface area contributed by atoms with Gasteiger partial charge in [0.25, 0.3) is 0 Å². The van der Waals surface area contributed by atoms with E-state index in [9.17, 15) is 4.79 Å². The Morgan fingerprint density at radius 2 is 1.89 bits per heavy atom. The second kappa shape index (κ2) is 8.15. The van der Waals surface area contributed by atoms with Gasteiger partial charge < -0.3 is 15.0 Å². The molecule has 0 bridgehead atoms. The smallest absolute Gasteiger partial charge is 0.410 e. The predicted octanol–water partition coefficient (Wildman–Crippen LogP) is 4.90. The van der Waals surface area contributed by atoms with Crippen molar-refractivity contribution in [3.63, 3.8) is 0 Å². The van der Waals surface area contributed by atoms with Crippen LogP contribution in [-0.4, -0.2) is 35.3 Å². The molecule has 5 nitrogen and oxygen atoms in total. The van der Waals surface area contributed by atoms with Gasteiger partial charge in [-0.15, -0.1) is 0 Å². The van der Waals surface area contributed by atoms with Crippen LogP contribution in [-0.2, 0) is 4.74 Å². The summed E-state index contributed by atoms with van der Waals surface area (Å²) in [4.78, 5) is 17.6. The Hall–Kier alpha value is -2.66. The first-order valence-electron chi connectivity index (χ1n) is 10.0. The molecule has 0 atom stereocenters. The average Bonchev–Trinajstić information content (AvgIpc) is 2.63. The number of hydrogen-bond acceptors (Lipinski definition) is 3. The van der Waals surface area contributed by atoms with Crippen LogP contribution in [0.5, 0.6) is 0 Å². The summed E-state index contributed by atoms with van der Waals surface area (Å²) in [6, 6.07) is 8.00. The number of likely N-dealkylation sites (tertiary alicyclic amines) is 1. The first-order chi connectivity index (χ1) is 13.3. The Labute approximate surface area is 168 Å². The highest BCUT2D eigenvalue weighted by molar-refractivity contribution is 5.68. The van der Waals surface area contributed by atoms with Crippen molar-refractivity contribution in [2.75, 3.05) is 18.4 Å². The number of piperidine rings is 1. The van der Waals surface area contributed by atoms with Gasteiger partial charge in [-0.25, -0.2) is 11.4 Å². The number of hydrogen-bond donors (Lipinski definition) is 1. The van der Waals surface area contributed by atoms with Gasteiger partial charge in [0.2, 0.25) is 0 Å². The van der Waals surface area contributed by atoms with Gasteiger partial charge in [0.1, 0.15) is 5.60 Å². The van der Waals surface area contributed by atoms with Crippen LogP contribution in [0.3, 0.4) is 0 Å². The molecule has 1 aromatic carbocycles. The van der Waals surface area contributed by atoms with Crippen molar-refractivity contribution < 1.29 is 9.53 Å². The summed E-state index contributed by atoms with van der Waals surface area (Å²) in [5.74, 6) is 6.91. The second-order valence-electron chi connectivity index (χ2n) is 8.71. The van der Waals surface area contributed by atoms with E-state index < -0.39 is 11.3 Å². The second-order valence-corrected chi connectivity index (χ2v) is 8.71. The highest BCUT2D eigenvalue weighted by atomic mass is 16.6. The van der Waals surface area contributed by atoms with Crippen molar-refractivity contribution in [2.24, 2.45) is 5.92 Å². The topological polar surface area (TPSA) is 45.9 Å². The number of nitrogens with zero attached hydrogens (tertiary/aromatic N) is 2. The summed E-state index contributed by atoms with van der Waals surface area (Å²) < 4.78 is 5.43. The molecule has 1 N–H and O–H groups in total. The fourth-order valence-corrected chi connectivity index (χ4v) is 3.40. The minimum absolute atomic E-state index is 0.231. The van der Waals surface area contributed by atoms with Crippen LogP contribution >= 0.6 is 0 Å². The van der Waals surface area contributed by atoms with Gasteiger partial charge in [0.05, 0.1) is 0 Å². The molecule has 0 radical (unpaired) electrons. The Morgan fingerprint density at radius 3 is 2.39 bits per heavy atom. The van der Waals surface area contributed by atoms with Crippen LogP contribution < -0.4 is 5.32 Å². The Kier molecular flexibility index (Phi) is 5.84. The zero-order valence-electron chi connectivity index (χ0n) is 17.0. The third-order valence-corrected chi connectivity index (χ3v) is 5.22. The van der Waals surface area contributed by atoms with E-state index >= 15 is 0 Å². The molecule has 5 heteroatoms. The molecular weight excluding hydrogens is 350 g/mol. The fraction of sp³-hybridized carbons (Fsp3) is 0.565. The number of benzene rings is 1. The van der Waals surface area contributed by atoms with Crippen molar-refractivity contribution in [1.82, 2.24) is 4.90 Å². The van der Waals surface area contributed by atoms with Crippen LogP contribution in [0.1, 0.15) is 58.4 Å². The molecule has 1 heterocycles. The van der Waals surface area contributed by atoms with E-state index in [-0.39, 0.29) is 6.09 Å². The largest absolute Gasteiger partial charge is 0.444 e. The maximum atomic E-state index is 12.1. The van der Waals surface area contributed by atoms with Gasteiger partial charge in [-0.1, -0.05) is 11.8 Å². The molecule has 1 saturated heterocycles. The maximum Gasteiger partial charge on any atom is 0.410 e. The number of ether oxygens (including phenoxy) is 1. The highest BCUT2D eigenvalue weighted by Gasteiger charge is 2.43. The molecule has 1 amide bonds.